The molecule has 4 nitrogen and oxygen atoms in total. The minimum Gasteiger partial charge on any atom is -0.391 e. The van der Waals surface area contributed by atoms with E-state index in [1.165, 1.54) is 12.8 Å². The van der Waals surface area contributed by atoms with Gasteiger partial charge in [0.1, 0.15) is 0 Å². The topological polar surface area (TPSA) is 61.4 Å². The summed E-state index contributed by atoms with van der Waals surface area (Å²) in [5.41, 5.74) is -0.298. The van der Waals surface area contributed by atoms with E-state index in [2.05, 4.69) is 10.6 Å². The lowest BCUT2D eigenvalue weighted by atomic mass is 9.82. The lowest BCUT2D eigenvalue weighted by Gasteiger charge is -2.33. The van der Waals surface area contributed by atoms with E-state index in [4.69, 9.17) is 0 Å². The third kappa shape index (κ3) is 4.33. The highest BCUT2D eigenvalue weighted by Crippen LogP contribution is 2.28. The third-order valence-electron chi connectivity index (χ3n) is 4.56. The normalized spacial score (nSPS) is 29.6. The van der Waals surface area contributed by atoms with Crippen LogP contribution in [0.4, 0.5) is 0 Å². The number of aliphatic hydroxyl groups excluding tert-OH is 1. The molecule has 3 N–H and O–H groups in total. The molecular formula is C14H27ClN2O2. The molecule has 1 aliphatic heterocycles. The lowest BCUT2D eigenvalue weighted by molar-refractivity contribution is -0.131. The van der Waals surface area contributed by atoms with Gasteiger partial charge in [-0.3, -0.25) is 4.79 Å². The maximum atomic E-state index is 12.2. The number of hydrogen-bond acceptors (Lipinski definition) is 3. The maximum absolute atomic E-state index is 12.2. The van der Waals surface area contributed by atoms with Crippen molar-refractivity contribution in [3.63, 3.8) is 0 Å². The number of aliphatic hydroxyl groups is 1. The van der Waals surface area contributed by atoms with Crippen molar-refractivity contribution >= 4 is 18.3 Å². The third-order valence-corrected chi connectivity index (χ3v) is 4.56. The first-order valence-electron chi connectivity index (χ1n) is 7.29. The molecule has 2 atom stereocenters. The van der Waals surface area contributed by atoms with Gasteiger partial charge in [-0.05, 0) is 45.1 Å². The molecular weight excluding hydrogens is 264 g/mol. The van der Waals surface area contributed by atoms with Crippen molar-refractivity contribution < 1.29 is 9.90 Å². The molecule has 0 aromatic heterocycles. The summed E-state index contributed by atoms with van der Waals surface area (Å²) in [5, 5.41) is 16.3. The minimum atomic E-state index is -0.364. The fourth-order valence-electron chi connectivity index (χ4n) is 3.17. The van der Waals surface area contributed by atoms with Gasteiger partial charge in [-0.2, -0.15) is 0 Å². The molecule has 0 aromatic carbocycles. The van der Waals surface area contributed by atoms with E-state index < -0.39 is 0 Å². The maximum Gasteiger partial charge on any atom is 0.227 e. The Hall–Kier alpha value is -0.320. The van der Waals surface area contributed by atoms with Gasteiger partial charge in [0.25, 0.3) is 0 Å². The van der Waals surface area contributed by atoms with Gasteiger partial charge >= 0.3 is 0 Å². The molecule has 1 saturated heterocycles. The van der Waals surface area contributed by atoms with Crippen LogP contribution in [-0.4, -0.2) is 36.8 Å². The molecule has 1 aliphatic carbocycles. The Morgan fingerprint density at radius 3 is 2.68 bits per heavy atom. The highest BCUT2D eigenvalue weighted by molar-refractivity contribution is 5.85. The zero-order chi connectivity index (χ0) is 13.0. The molecule has 1 saturated carbocycles. The summed E-state index contributed by atoms with van der Waals surface area (Å²) in [6.07, 6.45) is 6.28. The quantitative estimate of drug-likeness (QED) is 0.735. The molecule has 2 aliphatic rings. The molecule has 5 heteroatoms. The van der Waals surface area contributed by atoms with E-state index in [1.54, 1.807) is 0 Å². The van der Waals surface area contributed by atoms with Gasteiger partial charge in [0, 0.05) is 13.1 Å². The van der Waals surface area contributed by atoms with Gasteiger partial charge in [-0.25, -0.2) is 0 Å². The standard InChI is InChI=1S/C14H26N2O2.ClH/c1-14(7-4-8-15-10-14)13(18)16-9-12(17)11-5-2-3-6-11;/h11-12,15,17H,2-10H2,1H3,(H,16,18);1H. The van der Waals surface area contributed by atoms with Crippen LogP contribution in [0.25, 0.3) is 0 Å². The van der Waals surface area contributed by atoms with Crippen LogP contribution in [0.3, 0.4) is 0 Å². The number of piperidine rings is 1. The number of carbonyl (C=O) groups excluding carboxylic acids is 1. The van der Waals surface area contributed by atoms with E-state index in [1.807, 2.05) is 6.92 Å². The van der Waals surface area contributed by atoms with Gasteiger partial charge in [0.2, 0.25) is 5.91 Å². The number of nitrogens with one attached hydrogen (secondary N) is 2. The fraction of sp³-hybridized carbons (Fsp3) is 0.929. The Balaban J connectivity index is 0.00000180. The number of halogens is 1. The zero-order valence-corrected chi connectivity index (χ0v) is 12.6. The second kappa shape index (κ2) is 7.46. The second-order valence-corrected chi connectivity index (χ2v) is 6.16. The largest absolute Gasteiger partial charge is 0.391 e. The zero-order valence-electron chi connectivity index (χ0n) is 11.8. The minimum absolute atomic E-state index is 0. The Kier molecular flexibility index (Phi) is 6.57. The lowest BCUT2D eigenvalue weighted by Crippen LogP contribution is -2.50. The van der Waals surface area contributed by atoms with Crippen LogP contribution in [0.15, 0.2) is 0 Å². The number of rotatable bonds is 4. The number of hydrogen-bond donors (Lipinski definition) is 3. The van der Waals surface area contributed by atoms with Crippen molar-refractivity contribution in [3.8, 4) is 0 Å². The smallest absolute Gasteiger partial charge is 0.227 e. The second-order valence-electron chi connectivity index (χ2n) is 6.16. The molecule has 0 bridgehead atoms. The van der Waals surface area contributed by atoms with Gasteiger partial charge in [-0.15, -0.1) is 12.4 Å². The van der Waals surface area contributed by atoms with E-state index >= 15 is 0 Å². The molecule has 2 unspecified atom stereocenters. The molecule has 0 spiro atoms. The van der Waals surface area contributed by atoms with Gasteiger partial charge < -0.3 is 15.7 Å². The highest BCUT2D eigenvalue weighted by atomic mass is 35.5. The molecule has 1 amide bonds. The summed E-state index contributed by atoms with van der Waals surface area (Å²) in [6, 6.07) is 0. The van der Waals surface area contributed by atoms with E-state index in [0.717, 1.165) is 38.8 Å². The van der Waals surface area contributed by atoms with Gasteiger partial charge in [-0.1, -0.05) is 12.8 Å². The van der Waals surface area contributed by atoms with Crippen LogP contribution in [0, 0.1) is 11.3 Å². The van der Waals surface area contributed by atoms with E-state index in [0.29, 0.717) is 12.5 Å². The summed E-state index contributed by atoms with van der Waals surface area (Å²) in [6.45, 7) is 4.18. The van der Waals surface area contributed by atoms with Crippen molar-refractivity contribution in [1.82, 2.24) is 10.6 Å². The first-order valence-corrected chi connectivity index (χ1v) is 7.29. The van der Waals surface area contributed by atoms with E-state index in [9.17, 15) is 9.90 Å². The van der Waals surface area contributed by atoms with Crippen LogP contribution >= 0.6 is 12.4 Å². The molecule has 2 rings (SSSR count). The Bertz CT molecular complexity index is 287. The Morgan fingerprint density at radius 1 is 1.42 bits per heavy atom. The summed E-state index contributed by atoms with van der Waals surface area (Å²) in [4.78, 5) is 12.2. The molecule has 2 fully saturated rings. The van der Waals surface area contributed by atoms with Crippen LogP contribution in [0.5, 0.6) is 0 Å². The number of carbonyl (C=O) groups is 1. The fourth-order valence-corrected chi connectivity index (χ4v) is 3.17. The van der Waals surface area contributed by atoms with Crippen LogP contribution in [0.2, 0.25) is 0 Å². The van der Waals surface area contributed by atoms with Gasteiger partial charge in [0.15, 0.2) is 0 Å². The highest BCUT2D eigenvalue weighted by Gasteiger charge is 2.35. The summed E-state index contributed by atoms with van der Waals surface area (Å²) in [5.74, 6) is 0.481. The summed E-state index contributed by atoms with van der Waals surface area (Å²) in [7, 11) is 0. The van der Waals surface area contributed by atoms with Crippen LogP contribution in [-0.2, 0) is 4.79 Å². The summed E-state index contributed by atoms with van der Waals surface area (Å²) >= 11 is 0. The summed E-state index contributed by atoms with van der Waals surface area (Å²) < 4.78 is 0. The average molecular weight is 291 g/mol. The van der Waals surface area contributed by atoms with Crippen molar-refractivity contribution in [1.29, 1.82) is 0 Å². The van der Waals surface area contributed by atoms with Crippen molar-refractivity contribution in [2.45, 2.75) is 51.6 Å². The Labute approximate surface area is 122 Å². The first-order chi connectivity index (χ1) is 8.62. The molecule has 112 valence electrons. The number of amides is 1. The average Bonchev–Trinajstić information content (AvgIpc) is 2.90. The molecule has 19 heavy (non-hydrogen) atoms. The van der Waals surface area contributed by atoms with Crippen molar-refractivity contribution in [2.24, 2.45) is 11.3 Å². The first kappa shape index (κ1) is 16.7. The van der Waals surface area contributed by atoms with Gasteiger partial charge in [0.05, 0.1) is 11.5 Å². The van der Waals surface area contributed by atoms with Crippen molar-refractivity contribution in [3.05, 3.63) is 0 Å². The predicted octanol–water partition coefficient (Wildman–Crippen LogP) is 1.47. The molecule has 0 radical (unpaired) electrons. The SMILES string of the molecule is CC1(C(=O)NCC(O)C2CCCC2)CCCNC1.Cl. The van der Waals surface area contributed by atoms with Crippen LogP contribution < -0.4 is 10.6 Å². The van der Waals surface area contributed by atoms with E-state index in [-0.39, 0.29) is 29.8 Å². The molecule has 0 aromatic rings. The molecule has 1 heterocycles. The van der Waals surface area contributed by atoms with Crippen LogP contribution in [0.1, 0.15) is 45.4 Å². The monoisotopic (exact) mass is 290 g/mol. The van der Waals surface area contributed by atoms with Crippen molar-refractivity contribution in [2.75, 3.05) is 19.6 Å². The Morgan fingerprint density at radius 2 is 2.11 bits per heavy atom. The predicted molar refractivity (Wildman–Crippen MR) is 78.4 cm³/mol.